The first-order chi connectivity index (χ1) is 9.47. The van der Waals surface area contributed by atoms with Gasteiger partial charge in [0, 0.05) is 11.6 Å². The van der Waals surface area contributed by atoms with Gasteiger partial charge in [-0.05, 0) is 43.9 Å². The largest absolute Gasteiger partial charge is 0.481 e. The molecule has 0 aromatic heterocycles. The fourth-order valence-electron chi connectivity index (χ4n) is 2.44. The molecule has 1 aromatic carbocycles. The van der Waals surface area contributed by atoms with E-state index in [-0.39, 0.29) is 17.9 Å². The van der Waals surface area contributed by atoms with Crippen molar-refractivity contribution in [2.24, 2.45) is 5.92 Å². The number of nitrogens with one attached hydrogen (secondary N) is 1. The third-order valence-corrected chi connectivity index (χ3v) is 4.01. The first kappa shape index (κ1) is 14.7. The number of hydrogen-bond acceptors (Lipinski definition) is 3. The lowest BCUT2D eigenvalue weighted by Crippen LogP contribution is -2.38. The average Bonchev–Trinajstić information content (AvgIpc) is 2.42. The van der Waals surface area contributed by atoms with Gasteiger partial charge in [-0.1, -0.05) is 11.6 Å². The molecule has 0 unspecified atom stereocenters. The molecule has 1 amide bonds. The quantitative estimate of drug-likeness (QED) is 0.746. The van der Waals surface area contributed by atoms with Crippen LogP contribution < -0.4 is 11.1 Å². The fourth-order valence-corrected chi connectivity index (χ4v) is 2.56. The van der Waals surface area contributed by atoms with Gasteiger partial charge in [-0.2, -0.15) is 0 Å². The van der Waals surface area contributed by atoms with Gasteiger partial charge in [0.15, 0.2) is 0 Å². The highest BCUT2D eigenvalue weighted by molar-refractivity contribution is 6.33. The number of aliphatic carboxylic acids is 1. The Morgan fingerprint density at radius 3 is 2.45 bits per heavy atom. The maximum atomic E-state index is 12.1. The minimum Gasteiger partial charge on any atom is -0.481 e. The third kappa shape index (κ3) is 3.42. The molecule has 1 fully saturated rings. The van der Waals surface area contributed by atoms with Crippen LogP contribution in [0.1, 0.15) is 36.0 Å². The number of nitrogen functional groups attached to an aromatic ring is 1. The number of nitrogens with two attached hydrogens (primary N) is 1. The summed E-state index contributed by atoms with van der Waals surface area (Å²) in [5, 5.41) is 12.3. The molecule has 20 heavy (non-hydrogen) atoms. The number of halogens is 1. The maximum Gasteiger partial charge on any atom is 0.306 e. The number of rotatable bonds is 3. The van der Waals surface area contributed by atoms with Crippen molar-refractivity contribution in [2.45, 2.75) is 31.7 Å². The van der Waals surface area contributed by atoms with Gasteiger partial charge in [0.2, 0.25) is 0 Å². The van der Waals surface area contributed by atoms with E-state index in [2.05, 4.69) is 5.32 Å². The summed E-state index contributed by atoms with van der Waals surface area (Å²) in [6.45, 7) is 0. The van der Waals surface area contributed by atoms with Crippen molar-refractivity contribution in [3.63, 3.8) is 0 Å². The average molecular weight is 297 g/mol. The predicted molar refractivity (Wildman–Crippen MR) is 76.7 cm³/mol. The van der Waals surface area contributed by atoms with Gasteiger partial charge in [-0.15, -0.1) is 0 Å². The second-order valence-corrected chi connectivity index (χ2v) is 5.50. The highest BCUT2D eigenvalue weighted by Crippen LogP contribution is 2.25. The van der Waals surface area contributed by atoms with Gasteiger partial charge in [0.25, 0.3) is 5.91 Å². The standard InChI is InChI=1S/C14H17ClN2O3/c15-11-6-3-9(7-12(11)16)13(18)17-10-4-1-8(2-5-10)14(19)20/h3,6-8,10H,1-2,4-5,16H2,(H,17,18)(H,19,20). The Morgan fingerprint density at radius 2 is 1.90 bits per heavy atom. The van der Waals surface area contributed by atoms with Gasteiger partial charge in [0.1, 0.15) is 0 Å². The Hall–Kier alpha value is -1.75. The normalized spacial score (nSPS) is 22.2. The van der Waals surface area contributed by atoms with E-state index in [0.717, 1.165) is 0 Å². The lowest BCUT2D eigenvalue weighted by Gasteiger charge is -2.26. The predicted octanol–water partition coefficient (Wildman–Crippen LogP) is 2.30. The summed E-state index contributed by atoms with van der Waals surface area (Å²) >= 11 is 5.81. The van der Waals surface area contributed by atoms with Crippen LogP contribution in [0.2, 0.25) is 5.02 Å². The highest BCUT2D eigenvalue weighted by atomic mass is 35.5. The van der Waals surface area contributed by atoms with Crippen molar-refractivity contribution < 1.29 is 14.7 Å². The Bertz CT molecular complexity index is 525. The van der Waals surface area contributed by atoms with E-state index < -0.39 is 5.97 Å². The number of carbonyl (C=O) groups is 2. The zero-order valence-electron chi connectivity index (χ0n) is 10.9. The minimum absolute atomic E-state index is 0.0232. The second-order valence-electron chi connectivity index (χ2n) is 5.10. The molecule has 1 aliphatic rings. The molecular formula is C14H17ClN2O3. The topological polar surface area (TPSA) is 92.4 Å². The van der Waals surface area contributed by atoms with Crippen molar-refractivity contribution in [3.8, 4) is 0 Å². The van der Waals surface area contributed by atoms with Gasteiger partial charge in [-0.25, -0.2) is 0 Å². The summed E-state index contributed by atoms with van der Waals surface area (Å²) in [7, 11) is 0. The Labute approximate surface area is 122 Å². The molecule has 6 heteroatoms. The van der Waals surface area contributed by atoms with Crippen molar-refractivity contribution in [1.29, 1.82) is 0 Å². The number of hydrogen-bond donors (Lipinski definition) is 3. The van der Waals surface area contributed by atoms with E-state index >= 15 is 0 Å². The van der Waals surface area contributed by atoms with Crippen LogP contribution in [-0.4, -0.2) is 23.0 Å². The number of benzene rings is 1. The molecule has 5 nitrogen and oxygen atoms in total. The van der Waals surface area contributed by atoms with Gasteiger partial charge in [-0.3, -0.25) is 9.59 Å². The first-order valence-electron chi connectivity index (χ1n) is 6.56. The Balaban J connectivity index is 1.92. The van der Waals surface area contributed by atoms with Crippen LogP contribution in [0.25, 0.3) is 0 Å². The molecule has 1 aromatic rings. The van der Waals surface area contributed by atoms with E-state index in [9.17, 15) is 9.59 Å². The molecule has 0 heterocycles. The van der Waals surface area contributed by atoms with Crippen LogP contribution in [0.4, 0.5) is 5.69 Å². The second kappa shape index (κ2) is 6.13. The van der Waals surface area contributed by atoms with Gasteiger partial charge >= 0.3 is 5.97 Å². The third-order valence-electron chi connectivity index (χ3n) is 3.67. The van der Waals surface area contributed by atoms with Crippen molar-refractivity contribution in [3.05, 3.63) is 28.8 Å². The summed E-state index contributed by atoms with van der Waals surface area (Å²) in [5.74, 6) is -1.23. The minimum atomic E-state index is -0.750. The molecule has 0 radical (unpaired) electrons. The summed E-state index contributed by atoms with van der Waals surface area (Å²) < 4.78 is 0. The number of carboxylic acids is 1. The fraction of sp³-hybridized carbons (Fsp3) is 0.429. The van der Waals surface area contributed by atoms with E-state index in [1.54, 1.807) is 18.2 Å². The molecule has 4 N–H and O–H groups in total. The molecular weight excluding hydrogens is 280 g/mol. The maximum absolute atomic E-state index is 12.1. The van der Waals surface area contributed by atoms with Gasteiger partial charge < -0.3 is 16.2 Å². The van der Waals surface area contributed by atoms with Gasteiger partial charge in [0.05, 0.1) is 16.6 Å². The monoisotopic (exact) mass is 296 g/mol. The number of carboxylic acid groups (broad SMARTS) is 1. The summed E-state index contributed by atoms with van der Waals surface area (Å²) in [6, 6.07) is 4.78. The van der Waals surface area contributed by atoms with Crippen molar-refractivity contribution in [2.75, 3.05) is 5.73 Å². The molecule has 2 rings (SSSR count). The van der Waals surface area contributed by atoms with Crippen LogP contribution in [-0.2, 0) is 4.79 Å². The Kier molecular flexibility index (Phi) is 4.49. The number of carbonyl (C=O) groups excluding carboxylic acids is 1. The van der Waals surface area contributed by atoms with Crippen LogP contribution in [0.3, 0.4) is 0 Å². The lowest BCUT2D eigenvalue weighted by molar-refractivity contribution is -0.142. The van der Waals surface area contributed by atoms with Crippen LogP contribution >= 0.6 is 11.6 Å². The molecule has 0 saturated heterocycles. The molecule has 0 spiro atoms. The van der Waals surface area contributed by atoms with Crippen molar-refractivity contribution >= 4 is 29.2 Å². The molecule has 1 saturated carbocycles. The summed E-state index contributed by atoms with van der Waals surface area (Å²) in [4.78, 5) is 22.9. The highest BCUT2D eigenvalue weighted by Gasteiger charge is 2.26. The summed E-state index contributed by atoms with van der Waals surface area (Å²) in [5.41, 5.74) is 6.50. The van der Waals surface area contributed by atoms with E-state index in [1.807, 2.05) is 0 Å². The molecule has 0 atom stereocenters. The molecule has 0 bridgehead atoms. The lowest BCUT2D eigenvalue weighted by atomic mass is 9.86. The Morgan fingerprint density at radius 1 is 1.25 bits per heavy atom. The van der Waals surface area contributed by atoms with E-state index in [4.69, 9.17) is 22.4 Å². The molecule has 1 aliphatic carbocycles. The summed E-state index contributed by atoms with van der Waals surface area (Å²) in [6.07, 6.45) is 2.57. The first-order valence-corrected chi connectivity index (χ1v) is 6.94. The zero-order valence-corrected chi connectivity index (χ0v) is 11.7. The SMILES string of the molecule is Nc1cc(C(=O)NC2CCC(C(=O)O)CC2)ccc1Cl. The molecule has 108 valence electrons. The van der Waals surface area contributed by atoms with Crippen LogP contribution in [0, 0.1) is 5.92 Å². The van der Waals surface area contributed by atoms with Crippen molar-refractivity contribution in [1.82, 2.24) is 5.32 Å². The number of amides is 1. The van der Waals surface area contributed by atoms with E-state index in [0.29, 0.717) is 42.0 Å². The molecule has 0 aliphatic heterocycles. The number of anilines is 1. The smallest absolute Gasteiger partial charge is 0.306 e. The van der Waals surface area contributed by atoms with Crippen LogP contribution in [0.5, 0.6) is 0 Å². The van der Waals surface area contributed by atoms with E-state index in [1.165, 1.54) is 0 Å². The van der Waals surface area contributed by atoms with Crippen LogP contribution in [0.15, 0.2) is 18.2 Å². The zero-order chi connectivity index (χ0) is 14.7.